The average molecular weight is 548 g/mol. The van der Waals surface area contributed by atoms with Crippen LogP contribution < -0.4 is 5.32 Å². The van der Waals surface area contributed by atoms with Gasteiger partial charge in [0.25, 0.3) is 5.91 Å². The number of hydrogen-bond acceptors (Lipinski definition) is 7. The van der Waals surface area contributed by atoms with Crippen LogP contribution in [0, 0.1) is 0 Å². The molecule has 1 aromatic carbocycles. The number of carbonyl (C=O) groups excluding carboxylic acids is 1. The number of nitrogens with one attached hydrogen (secondary N) is 1. The highest BCUT2D eigenvalue weighted by atomic mass is 19.4. The first-order valence-corrected chi connectivity index (χ1v) is 11.5. The Morgan fingerprint density at radius 3 is 2.26 bits per heavy atom. The minimum Gasteiger partial charge on any atom is -0.378 e. The summed E-state index contributed by atoms with van der Waals surface area (Å²) in [7, 11) is 0. The van der Waals surface area contributed by atoms with E-state index < -0.39 is 35.1 Å². The second kappa shape index (κ2) is 10.1. The molecule has 1 amide bonds. The number of alkyl halides is 6. The Balaban J connectivity index is 1.61. The van der Waals surface area contributed by atoms with Crippen molar-refractivity contribution in [2.75, 3.05) is 31.6 Å². The van der Waals surface area contributed by atoms with Crippen LogP contribution in [0.25, 0.3) is 22.4 Å². The minimum absolute atomic E-state index is 0.0347. The number of nitrogens with zero attached hydrogens (tertiary/aromatic N) is 5. The molecule has 1 aliphatic heterocycles. The summed E-state index contributed by atoms with van der Waals surface area (Å²) < 4.78 is 85.0. The van der Waals surface area contributed by atoms with Gasteiger partial charge in [-0.1, -0.05) is 0 Å². The molecule has 202 valence electrons. The molecular formula is C25H18F6N6O2. The third kappa shape index (κ3) is 5.60. The smallest absolute Gasteiger partial charge is 0.378 e. The van der Waals surface area contributed by atoms with Crippen LogP contribution in [-0.2, 0) is 17.1 Å². The maximum atomic E-state index is 13.6. The van der Waals surface area contributed by atoms with E-state index in [0.717, 1.165) is 24.3 Å². The highest BCUT2D eigenvalue weighted by molar-refractivity contribution is 5.96. The lowest BCUT2D eigenvalue weighted by molar-refractivity contribution is -0.138. The average Bonchev–Trinajstić information content (AvgIpc) is 2.92. The number of halogens is 6. The lowest BCUT2D eigenvalue weighted by atomic mass is 10.1. The number of anilines is 2. The number of morpholine rings is 1. The summed E-state index contributed by atoms with van der Waals surface area (Å²) in [6.45, 7) is 1.16. The Bertz CT molecular complexity index is 1520. The number of benzene rings is 1. The SMILES string of the molecule is O=C(c1nc(Nc2ccc(C(F)(F)F)cc2)c2ccc(-c3ncccc3C(F)(F)F)nc2n1)N1CCOCC1. The van der Waals surface area contributed by atoms with Crippen LogP contribution in [0.15, 0.2) is 54.7 Å². The summed E-state index contributed by atoms with van der Waals surface area (Å²) >= 11 is 0. The molecule has 0 bridgehead atoms. The zero-order valence-electron chi connectivity index (χ0n) is 19.8. The van der Waals surface area contributed by atoms with Crippen molar-refractivity contribution in [3.8, 4) is 11.4 Å². The third-order valence-electron chi connectivity index (χ3n) is 5.88. The highest BCUT2D eigenvalue weighted by Gasteiger charge is 2.35. The summed E-state index contributed by atoms with van der Waals surface area (Å²) in [5, 5.41) is 3.09. The van der Waals surface area contributed by atoms with E-state index in [1.165, 1.54) is 35.4 Å². The number of amides is 1. The number of ether oxygens (including phenoxy) is 1. The molecule has 1 saturated heterocycles. The normalized spacial score (nSPS) is 14.5. The fourth-order valence-corrected chi connectivity index (χ4v) is 3.96. The Labute approximate surface area is 216 Å². The molecule has 3 aromatic heterocycles. The van der Waals surface area contributed by atoms with Gasteiger partial charge in [-0.2, -0.15) is 26.3 Å². The van der Waals surface area contributed by atoms with Gasteiger partial charge in [0.15, 0.2) is 5.65 Å². The molecule has 5 rings (SSSR count). The van der Waals surface area contributed by atoms with E-state index in [4.69, 9.17) is 4.74 Å². The van der Waals surface area contributed by atoms with Gasteiger partial charge in [-0.05, 0) is 48.5 Å². The molecule has 14 heteroatoms. The summed E-state index contributed by atoms with van der Waals surface area (Å²) in [5.74, 6) is -0.815. The fourth-order valence-electron chi connectivity index (χ4n) is 3.96. The van der Waals surface area contributed by atoms with Crippen molar-refractivity contribution in [2.24, 2.45) is 0 Å². The molecule has 0 radical (unpaired) electrons. The molecule has 0 unspecified atom stereocenters. The number of rotatable bonds is 4. The van der Waals surface area contributed by atoms with E-state index in [2.05, 4.69) is 25.3 Å². The van der Waals surface area contributed by atoms with Crippen LogP contribution in [-0.4, -0.2) is 57.0 Å². The van der Waals surface area contributed by atoms with Crippen LogP contribution in [0.3, 0.4) is 0 Å². The van der Waals surface area contributed by atoms with Crippen molar-refractivity contribution in [3.63, 3.8) is 0 Å². The van der Waals surface area contributed by atoms with Gasteiger partial charge in [-0.25, -0.2) is 15.0 Å². The van der Waals surface area contributed by atoms with Crippen LogP contribution >= 0.6 is 0 Å². The van der Waals surface area contributed by atoms with Gasteiger partial charge in [0.2, 0.25) is 5.82 Å². The zero-order chi connectivity index (χ0) is 27.8. The number of carbonyl (C=O) groups is 1. The maximum Gasteiger partial charge on any atom is 0.418 e. The van der Waals surface area contributed by atoms with Gasteiger partial charge < -0.3 is 15.0 Å². The molecule has 0 saturated carbocycles. The minimum atomic E-state index is -4.70. The van der Waals surface area contributed by atoms with E-state index in [0.29, 0.717) is 13.2 Å². The first-order valence-electron chi connectivity index (χ1n) is 11.5. The number of fused-ring (bicyclic) bond motifs is 1. The largest absolute Gasteiger partial charge is 0.418 e. The van der Waals surface area contributed by atoms with Crippen LogP contribution in [0.5, 0.6) is 0 Å². The molecule has 4 heterocycles. The van der Waals surface area contributed by atoms with Gasteiger partial charge in [0.05, 0.1) is 35.4 Å². The van der Waals surface area contributed by atoms with Gasteiger partial charge in [0, 0.05) is 25.0 Å². The van der Waals surface area contributed by atoms with Gasteiger partial charge in [-0.15, -0.1) is 0 Å². The van der Waals surface area contributed by atoms with Gasteiger partial charge in [-0.3, -0.25) is 9.78 Å². The number of aromatic nitrogens is 4. The summed E-state index contributed by atoms with van der Waals surface area (Å²) in [5.41, 5.74) is -2.30. The Kier molecular flexibility index (Phi) is 6.80. The van der Waals surface area contributed by atoms with Crippen molar-refractivity contribution in [2.45, 2.75) is 12.4 Å². The van der Waals surface area contributed by atoms with E-state index in [-0.39, 0.29) is 47.1 Å². The maximum absolute atomic E-state index is 13.6. The Morgan fingerprint density at radius 1 is 0.872 bits per heavy atom. The number of pyridine rings is 2. The standard InChI is InChI=1S/C25H18F6N6O2/c26-24(27,28)14-3-5-15(6-4-14)33-20-16-7-8-18(19-17(25(29,30)31)2-1-9-32-19)34-21(16)36-22(35-20)23(38)37-10-12-39-13-11-37/h1-9H,10-13H2,(H,33,34,35,36). The second-order valence-electron chi connectivity index (χ2n) is 8.47. The van der Waals surface area contributed by atoms with Crippen molar-refractivity contribution in [1.29, 1.82) is 0 Å². The van der Waals surface area contributed by atoms with Gasteiger partial charge >= 0.3 is 12.4 Å². The molecule has 0 aliphatic carbocycles. The Morgan fingerprint density at radius 2 is 1.59 bits per heavy atom. The van der Waals surface area contributed by atoms with Crippen molar-refractivity contribution >= 4 is 28.4 Å². The topological polar surface area (TPSA) is 93.1 Å². The van der Waals surface area contributed by atoms with Crippen molar-refractivity contribution in [3.05, 3.63) is 71.7 Å². The predicted octanol–water partition coefficient (Wildman–Crippen LogP) is 5.34. The summed E-state index contributed by atoms with van der Waals surface area (Å²) in [4.78, 5) is 31.2. The van der Waals surface area contributed by atoms with Crippen LogP contribution in [0.1, 0.15) is 21.7 Å². The van der Waals surface area contributed by atoms with Crippen LogP contribution in [0.2, 0.25) is 0 Å². The van der Waals surface area contributed by atoms with E-state index in [1.807, 2.05) is 0 Å². The summed E-state index contributed by atoms with van der Waals surface area (Å²) in [6.07, 6.45) is -8.03. The monoisotopic (exact) mass is 548 g/mol. The quantitative estimate of drug-likeness (QED) is 0.344. The molecule has 4 aromatic rings. The zero-order valence-corrected chi connectivity index (χ0v) is 19.8. The molecule has 0 spiro atoms. The van der Waals surface area contributed by atoms with E-state index in [9.17, 15) is 31.1 Å². The summed E-state index contributed by atoms with van der Waals surface area (Å²) in [6, 6.07) is 8.85. The first-order chi connectivity index (χ1) is 18.5. The highest BCUT2D eigenvalue weighted by Crippen LogP contribution is 2.36. The molecule has 0 atom stereocenters. The lowest BCUT2D eigenvalue weighted by Gasteiger charge is -2.26. The molecule has 1 N–H and O–H groups in total. The molecular weight excluding hydrogens is 530 g/mol. The molecule has 1 aliphatic rings. The molecule has 8 nitrogen and oxygen atoms in total. The Hall–Kier alpha value is -4.33. The first kappa shape index (κ1) is 26.3. The predicted molar refractivity (Wildman–Crippen MR) is 127 cm³/mol. The second-order valence-corrected chi connectivity index (χ2v) is 8.47. The molecule has 1 fully saturated rings. The fraction of sp³-hybridized carbons (Fsp3) is 0.240. The van der Waals surface area contributed by atoms with E-state index >= 15 is 0 Å². The van der Waals surface area contributed by atoms with Crippen LogP contribution in [0.4, 0.5) is 37.8 Å². The lowest BCUT2D eigenvalue weighted by Crippen LogP contribution is -2.41. The van der Waals surface area contributed by atoms with Gasteiger partial charge in [0.1, 0.15) is 11.5 Å². The third-order valence-corrected chi connectivity index (χ3v) is 5.88. The molecule has 39 heavy (non-hydrogen) atoms. The van der Waals surface area contributed by atoms with Crippen molar-refractivity contribution < 1.29 is 35.9 Å². The van der Waals surface area contributed by atoms with Crippen molar-refractivity contribution in [1.82, 2.24) is 24.8 Å². The number of hydrogen-bond donors (Lipinski definition) is 1. The van der Waals surface area contributed by atoms with E-state index in [1.54, 1.807) is 0 Å².